The lowest BCUT2D eigenvalue weighted by molar-refractivity contribution is -0.136. The summed E-state index contributed by atoms with van der Waals surface area (Å²) >= 11 is 0. The molecule has 3 N–H and O–H groups in total. The third-order valence-corrected chi connectivity index (χ3v) is 9.62. The van der Waals surface area contributed by atoms with Crippen molar-refractivity contribution in [3.63, 3.8) is 0 Å². The van der Waals surface area contributed by atoms with Gasteiger partial charge in [-0.3, -0.25) is 39.0 Å². The van der Waals surface area contributed by atoms with Crippen LogP contribution in [0, 0.1) is 0 Å². The van der Waals surface area contributed by atoms with Crippen LogP contribution in [0.4, 0.5) is 0 Å². The molecule has 3 aromatic carbocycles. The Labute approximate surface area is 279 Å². The highest BCUT2D eigenvalue weighted by atomic mass is 16.2. The van der Waals surface area contributed by atoms with Crippen molar-refractivity contribution in [3.8, 4) is 0 Å². The van der Waals surface area contributed by atoms with E-state index in [4.69, 9.17) is 0 Å². The number of imide groups is 2. The molecule has 2 aromatic heterocycles. The number of para-hydroxylation sites is 1. The summed E-state index contributed by atoms with van der Waals surface area (Å²) in [5, 5.41) is 10.3. The Bertz CT molecular complexity index is 2200. The van der Waals surface area contributed by atoms with E-state index in [1.807, 2.05) is 65.2 Å². The maximum atomic E-state index is 13.4. The lowest BCUT2D eigenvalue weighted by atomic mass is 10.0. The van der Waals surface area contributed by atoms with Gasteiger partial charge in [-0.25, -0.2) is 4.98 Å². The SMILES string of the molecule is O=C1CCC(N2C(=O)c3ccc(C(=O)NCc4ccc(C5(NC(=O)Cn6c7ccccc7c7cccnc76)CC5)cc4)cc3C2=O)C(=O)N1. The zero-order valence-corrected chi connectivity index (χ0v) is 26.2. The summed E-state index contributed by atoms with van der Waals surface area (Å²) in [7, 11) is 0. The number of carbonyl (C=O) groups excluding carboxylic acids is 6. The highest BCUT2D eigenvalue weighted by Crippen LogP contribution is 2.45. The fourth-order valence-corrected chi connectivity index (χ4v) is 6.93. The average Bonchev–Trinajstić information content (AvgIpc) is 3.77. The van der Waals surface area contributed by atoms with Crippen LogP contribution in [0.1, 0.15) is 67.9 Å². The average molecular weight is 655 g/mol. The Morgan fingerprint density at radius 3 is 2.41 bits per heavy atom. The van der Waals surface area contributed by atoms with Gasteiger partial charge in [-0.1, -0.05) is 42.5 Å². The van der Waals surface area contributed by atoms with E-state index < -0.39 is 41.1 Å². The molecule has 1 saturated carbocycles. The lowest BCUT2D eigenvalue weighted by Crippen LogP contribution is -2.54. The van der Waals surface area contributed by atoms with Crippen molar-refractivity contribution in [1.82, 2.24) is 30.4 Å². The molecule has 1 saturated heterocycles. The molecule has 1 atom stereocenters. The van der Waals surface area contributed by atoms with Crippen molar-refractivity contribution in [1.29, 1.82) is 0 Å². The quantitative estimate of drug-likeness (QED) is 0.217. The Kier molecular flexibility index (Phi) is 7.09. The summed E-state index contributed by atoms with van der Waals surface area (Å²) in [6.45, 7) is 0.357. The Morgan fingerprint density at radius 2 is 1.63 bits per heavy atom. The molecule has 4 heterocycles. The first-order valence-corrected chi connectivity index (χ1v) is 16.1. The molecule has 3 aliphatic rings. The number of benzene rings is 3. The topological polar surface area (TPSA) is 160 Å². The van der Waals surface area contributed by atoms with Crippen LogP contribution in [0.25, 0.3) is 21.9 Å². The van der Waals surface area contributed by atoms with Gasteiger partial charge in [-0.05, 0) is 66.8 Å². The molecule has 1 unspecified atom stereocenters. The Hall–Kier alpha value is -6.17. The van der Waals surface area contributed by atoms with Crippen molar-refractivity contribution >= 4 is 57.4 Å². The minimum Gasteiger partial charge on any atom is -0.348 e. The molecular formula is C37H30N6O6. The first kappa shape index (κ1) is 30.2. The molecule has 8 rings (SSSR count). The summed E-state index contributed by atoms with van der Waals surface area (Å²) in [5.41, 5.74) is 3.44. The van der Waals surface area contributed by atoms with Crippen molar-refractivity contribution in [2.24, 2.45) is 0 Å². The van der Waals surface area contributed by atoms with Crippen molar-refractivity contribution < 1.29 is 28.8 Å². The van der Waals surface area contributed by atoms with Crippen LogP contribution in [0.15, 0.2) is 85.1 Å². The van der Waals surface area contributed by atoms with Crippen molar-refractivity contribution in [2.75, 3.05) is 0 Å². The third-order valence-electron chi connectivity index (χ3n) is 9.62. The van der Waals surface area contributed by atoms with E-state index >= 15 is 0 Å². The van der Waals surface area contributed by atoms with Gasteiger partial charge >= 0.3 is 0 Å². The number of fused-ring (bicyclic) bond motifs is 4. The number of piperidine rings is 1. The van der Waals surface area contributed by atoms with E-state index in [1.165, 1.54) is 18.2 Å². The third kappa shape index (κ3) is 5.21. The minimum absolute atomic E-state index is 0.0234. The van der Waals surface area contributed by atoms with E-state index in [0.29, 0.717) is 0 Å². The van der Waals surface area contributed by atoms with Gasteiger partial charge < -0.3 is 15.2 Å². The standard InChI is InChI=1S/C37H30N6O6/c44-30-14-13-29(34(47)40-30)43-35(48)26-12-9-22(18-27(26)36(43)49)33(46)39-19-21-7-10-23(11-8-21)37(15-16-37)41-31(45)20-42-28-6-2-1-4-24(28)25-5-3-17-38-32(25)42/h1-12,17-18,29H,13-16,19-20H2,(H,39,46)(H,41,45)(H,40,44,47). The zero-order chi connectivity index (χ0) is 33.9. The summed E-state index contributed by atoms with van der Waals surface area (Å²) in [6, 6.07) is 22.7. The summed E-state index contributed by atoms with van der Waals surface area (Å²) in [5.74, 6) is -2.98. The molecule has 0 bridgehead atoms. The van der Waals surface area contributed by atoms with Crippen LogP contribution in [0.5, 0.6) is 0 Å². The second kappa shape index (κ2) is 11.5. The maximum Gasteiger partial charge on any atom is 0.262 e. The smallest absolute Gasteiger partial charge is 0.262 e. The van der Waals surface area contributed by atoms with Crippen molar-refractivity contribution in [3.05, 3.63) is 113 Å². The number of hydrogen-bond acceptors (Lipinski definition) is 7. The van der Waals surface area contributed by atoms with Crippen LogP contribution < -0.4 is 16.0 Å². The highest BCUT2D eigenvalue weighted by molar-refractivity contribution is 6.24. The van der Waals surface area contributed by atoms with E-state index in [1.54, 1.807) is 6.20 Å². The predicted molar refractivity (Wildman–Crippen MR) is 177 cm³/mol. The van der Waals surface area contributed by atoms with Gasteiger partial charge in [-0.15, -0.1) is 0 Å². The van der Waals surface area contributed by atoms with Gasteiger partial charge in [0, 0.05) is 35.5 Å². The summed E-state index contributed by atoms with van der Waals surface area (Å²) in [6.07, 6.45) is 3.45. The molecule has 12 heteroatoms. The molecular weight excluding hydrogens is 624 g/mol. The molecule has 244 valence electrons. The van der Waals surface area contributed by atoms with Crippen LogP contribution in [0.2, 0.25) is 0 Å². The first-order chi connectivity index (χ1) is 23.7. The van der Waals surface area contributed by atoms with Crippen LogP contribution in [-0.2, 0) is 33.0 Å². The minimum atomic E-state index is -1.08. The number of hydrogen-bond donors (Lipinski definition) is 3. The van der Waals surface area contributed by atoms with Gasteiger partial charge in [0.05, 0.1) is 22.2 Å². The fourth-order valence-electron chi connectivity index (χ4n) is 6.93. The normalized spacial score (nSPS) is 18.0. The first-order valence-electron chi connectivity index (χ1n) is 16.1. The summed E-state index contributed by atoms with van der Waals surface area (Å²) < 4.78 is 1.95. The van der Waals surface area contributed by atoms with Gasteiger partial charge in [0.1, 0.15) is 18.2 Å². The van der Waals surface area contributed by atoms with E-state index in [9.17, 15) is 28.8 Å². The molecule has 2 aliphatic heterocycles. The number of rotatable bonds is 8. The number of nitrogens with zero attached hydrogens (tertiary/aromatic N) is 3. The molecule has 1 aliphatic carbocycles. The number of nitrogens with one attached hydrogen (secondary N) is 3. The van der Waals surface area contributed by atoms with Gasteiger partial charge in [0.25, 0.3) is 17.7 Å². The molecule has 12 nitrogen and oxygen atoms in total. The second-order valence-electron chi connectivity index (χ2n) is 12.7. The number of amides is 6. The lowest BCUT2D eigenvalue weighted by Gasteiger charge is -2.27. The van der Waals surface area contributed by atoms with E-state index in [2.05, 4.69) is 20.9 Å². The second-order valence-corrected chi connectivity index (χ2v) is 12.7. The van der Waals surface area contributed by atoms with Gasteiger partial charge in [0.2, 0.25) is 17.7 Å². The molecule has 6 amide bonds. The fraction of sp³-hybridized carbons (Fsp3) is 0.216. The predicted octanol–water partition coefficient (Wildman–Crippen LogP) is 3.33. The Balaban J connectivity index is 0.906. The van der Waals surface area contributed by atoms with Crippen LogP contribution >= 0.6 is 0 Å². The zero-order valence-electron chi connectivity index (χ0n) is 26.2. The van der Waals surface area contributed by atoms with Crippen LogP contribution in [-0.4, -0.2) is 55.9 Å². The monoisotopic (exact) mass is 654 g/mol. The number of carbonyl (C=O) groups is 6. The molecule has 0 spiro atoms. The van der Waals surface area contributed by atoms with E-state index in [0.717, 1.165) is 50.8 Å². The molecule has 5 aromatic rings. The van der Waals surface area contributed by atoms with E-state index in [-0.39, 0.29) is 48.5 Å². The van der Waals surface area contributed by atoms with Gasteiger partial charge in [0.15, 0.2) is 0 Å². The Morgan fingerprint density at radius 1 is 0.878 bits per heavy atom. The summed E-state index contributed by atoms with van der Waals surface area (Å²) in [4.78, 5) is 81.8. The largest absolute Gasteiger partial charge is 0.348 e. The number of pyridine rings is 1. The molecule has 0 radical (unpaired) electrons. The molecule has 49 heavy (non-hydrogen) atoms. The number of aromatic nitrogens is 2. The van der Waals surface area contributed by atoms with Crippen molar-refractivity contribution in [2.45, 2.75) is 50.4 Å². The highest BCUT2D eigenvalue weighted by Gasteiger charge is 2.46. The molecule has 2 fully saturated rings. The van der Waals surface area contributed by atoms with Gasteiger partial charge in [-0.2, -0.15) is 0 Å². The maximum absolute atomic E-state index is 13.4. The van der Waals surface area contributed by atoms with Crippen LogP contribution in [0.3, 0.4) is 0 Å².